The van der Waals surface area contributed by atoms with Crippen LogP contribution in [0, 0.1) is 0 Å². The van der Waals surface area contributed by atoms with Crippen LogP contribution in [0.15, 0.2) is 0 Å². The normalized spacial score (nSPS) is 8.11. The molecule has 0 heterocycles. The van der Waals surface area contributed by atoms with Crippen LogP contribution >= 0.6 is 0 Å². The van der Waals surface area contributed by atoms with Gasteiger partial charge in [-0.05, 0) is 0 Å². The molecule has 0 aromatic heterocycles. The molecule has 0 fully saturated rings. The van der Waals surface area contributed by atoms with Gasteiger partial charge in [0.05, 0.1) is 0 Å². The Bertz CT molecular complexity index is 23.7. The fraction of sp³-hybridized carbons (Fsp3) is 1.00. The summed E-state index contributed by atoms with van der Waals surface area (Å²) in [5.74, 6) is 0. The van der Waals surface area contributed by atoms with Crippen molar-refractivity contribution in [1.29, 1.82) is 0 Å². The maximum atomic E-state index is 2.23. The second-order valence-electron chi connectivity index (χ2n) is 2.41. The molecule has 0 radical (unpaired) electrons. The predicted octanol–water partition coefficient (Wildman–Crippen LogP) is 3.18. The summed E-state index contributed by atoms with van der Waals surface area (Å²) in [5, 5.41) is 1.25. The summed E-state index contributed by atoms with van der Waals surface area (Å²) in [4.78, 5) is 0. The predicted molar refractivity (Wildman–Crippen MR) is 46.1 cm³/mol. The van der Waals surface area contributed by atoms with Gasteiger partial charge in [-0.15, -0.1) is 0 Å². The first-order valence-electron chi connectivity index (χ1n) is 4.33. The Morgan fingerprint density at radius 1 is 0.889 bits per heavy atom. The fourth-order valence-electron chi connectivity index (χ4n) is 0.500. The van der Waals surface area contributed by atoms with Gasteiger partial charge in [-0.2, -0.15) is 0 Å². The zero-order valence-electron chi connectivity index (χ0n) is 7.54. The minimum atomic E-state index is 1.25. The third kappa shape index (κ3) is 28.9. The van der Waals surface area contributed by atoms with Crippen molar-refractivity contribution >= 4 is 17.7 Å². The number of rotatable bonds is 3. The molecule has 0 aromatic rings. The summed E-state index contributed by atoms with van der Waals surface area (Å²) < 4.78 is 0. The monoisotopic (exact) mass is 122 g/mol. The van der Waals surface area contributed by atoms with Crippen molar-refractivity contribution in [3.63, 3.8) is 0 Å². The molecule has 0 amide bonds. The second kappa shape index (κ2) is 15.8. The van der Waals surface area contributed by atoms with Crippen LogP contribution in [0.2, 0.25) is 5.09 Å². The van der Waals surface area contributed by atoms with Crippen molar-refractivity contribution in [1.82, 2.24) is 0 Å². The van der Waals surface area contributed by atoms with Crippen molar-refractivity contribution in [2.75, 3.05) is 0 Å². The van der Waals surface area contributed by atoms with Crippen LogP contribution in [0.25, 0.3) is 0 Å². The van der Waals surface area contributed by atoms with Crippen LogP contribution in [-0.4, -0.2) is 17.7 Å². The molecular formula is C8H19Li. The van der Waals surface area contributed by atoms with Gasteiger partial charge in [0, 0.05) is 0 Å². The average molecular weight is 122 g/mol. The molecule has 9 heavy (non-hydrogen) atoms. The molecule has 52 valence electrons. The first kappa shape index (κ1) is 12.3. The van der Waals surface area contributed by atoms with Crippen LogP contribution < -0.4 is 0 Å². The van der Waals surface area contributed by atoms with Gasteiger partial charge in [-0.3, -0.25) is 0 Å². The Morgan fingerprint density at radius 3 is 1.22 bits per heavy atom. The number of unbranched alkanes of at least 4 members (excludes halogenated alkanes) is 3. The first-order chi connectivity index (χ1) is 4.33. The summed E-state index contributed by atoms with van der Waals surface area (Å²) in [7, 11) is 0. The standard InChI is InChI=1S/C6H14.C2H5.Li/c1-3-5-6-4-2;1-2;/h3-6H2,1-2H3;1H2,2H3;. The Hall–Kier alpha value is 0.597. The summed E-state index contributed by atoms with van der Waals surface area (Å²) in [5.41, 5.74) is 0. The van der Waals surface area contributed by atoms with E-state index in [4.69, 9.17) is 0 Å². The summed E-state index contributed by atoms with van der Waals surface area (Å²) in [6.45, 7) is 6.59. The van der Waals surface area contributed by atoms with Crippen molar-refractivity contribution in [2.24, 2.45) is 0 Å². The van der Waals surface area contributed by atoms with E-state index in [0.717, 1.165) is 0 Å². The Morgan fingerprint density at radius 2 is 1.11 bits per heavy atom. The van der Waals surface area contributed by atoms with E-state index in [9.17, 15) is 0 Å². The molecular weight excluding hydrogens is 103 g/mol. The molecule has 0 N–H and O–H groups in total. The van der Waals surface area contributed by atoms with Crippen molar-refractivity contribution in [3.8, 4) is 0 Å². The molecule has 0 nitrogen and oxygen atoms in total. The van der Waals surface area contributed by atoms with E-state index in [1.165, 1.54) is 30.8 Å². The molecule has 0 rings (SSSR count). The van der Waals surface area contributed by atoms with Gasteiger partial charge in [0.2, 0.25) is 0 Å². The van der Waals surface area contributed by atoms with E-state index in [1.807, 2.05) is 0 Å². The molecule has 0 aliphatic heterocycles. The van der Waals surface area contributed by atoms with E-state index < -0.39 is 0 Å². The Labute approximate surface area is 69.6 Å². The Kier molecular flexibility index (Phi) is 21.6. The first-order valence-corrected chi connectivity index (χ1v) is 4.33. The van der Waals surface area contributed by atoms with Gasteiger partial charge in [-0.25, -0.2) is 0 Å². The van der Waals surface area contributed by atoms with E-state index in [-0.39, 0.29) is 0 Å². The molecule has 0 bridgehead atoms. The molecule has 0 saturated carbocycles. The fourth-order valence-corrected chi connectivity index (χ4v) is 0.500. The van der Waals surface area contributed by atoms with Crippen LogP contribution in [0.4, 0.5) is 0 Å². The Balaban J connectivity index is 0. The van der Waals surface area contributed by atoms with Crippen LogP contribution in [0.1, 0.15) is 46.5 Å². The quantitative estimate of drug-likeness (QED) is 0.398. The average Bonchev–Trinajstić information content (AvgIpc) is 1.86. The van der Waals surface area contributed by atoms with Crippen LogP contribution in [0.3, 0.4) is 0 Å². The van der Waals surface area contributed by atoms with E-state index >= 15 is 0 Å². The zero-order chi connectivity index (χ0) is 7.54. The summed E-state index contributed by atoms with van der Waals surface area (Å²) in [6, 6.07) is 0. The number of hydrogen-bond acceptors (Lipinski definition) is 0. The van der Waals surface area contributed by atoms with Gasteiger partial charge in [0.1, 0.15) is 0 Å². The molecule has 0 aliphatic carbocycles. The third-order valence-corrected chi connectivity index (χ3v) is 0.957. The second-order valence-corrected chi connectivity index (χ2v) is 2.41. The number of hydrogen-bond donors (Lipinski definition) is 0. The van der Waals surface area contributed by atoms with Gasteiger partial charge in [-0.1, -0.05) is 39.5 Å². The topological polar surface area (TPSA) is 0 Å². The van der Waals surface area contributed by atoms with Gasteiger partial charge in [0.15, 0.2) is 0 Å². The maximum absolute atomic E-state index is 2.23. The van der Waals surface area contributed by atoms with Crippen molar-refractivity contribution in [2.45, 2.75) is 51.5 Å². The van der Waals surface area contributed by atoms with Gasteiger partial charge >= 0.3 is 29.7 Å². The molecule has 0 aliphatic rings. The van der Waals surface area contributed by atoms with Crippen molar-refractivity contribution in [3.05, 3.63) is 0 Å². The van der Waals surface area contributed by atoms with Crippen molar-refractivity contribution < 1.29 is 0 Å². The minimum absolute atomic E-state index is 1.25. The molecule has 1 heteroatoms. The van der Waals surface area contributed by atoms with E-state index in [1.54, 1.807) is 0 Å². The van der Waals surface area contributed by atoms with E-state index in [2.05, 4.69) is 38.5 Å². The summed E-state index contributed by atoms with van der Waals surface area (Å²) in [6.07, 6.45) is 5.54. The molecule has 0 spiro atoms. The third-order valence-electron chi connectivity index (χ3n) is 0.957. The van der Waals surface area contributed by atoms with Gasteiger partial charge in [0.25, 0.3) is 0 Å². The molecule has 0 saturated heterocycles. The van der Waals surface area contributed by atoms with Crippen LogP contribution in [0.5, 0.6) is 0 Å². The molecule has 0 atom stereocenters. The zero-order valence-corrected chi connectivity index (χ0v) is 7.54. The van der Waals surface area contributed by atoms with E-state index in [0.29, 0.717) is 0 Å². The van der Waals surface area contributed by atoms with Gasteiger partial charge < -0.3 is 0 Å². The summed E-state index contributed by atoms with van der Waals surface area (Å²) >= 11 is 2.12. The van der Waals surface area contributed by atoms with Crippen LogP contribution in [-0.2, 0) is 0 Å². The molecule has 0 aromatic carbocycles. The molecule has 0 unspecified atom stereocenters. The SMILES string of the molecule is CCCCCC.[Li][CH2]C.